The molecule has 3 rings (SSSR count). The molecule has 0 saturated heterocycles. The summed E-state index contributed by atoms with van der Waals surface area (Å²) < 4.78 is 0. The van der Waals surface area contributed by atoms with Gasteiger partial charge in [0, 0.05) is 17.8 Å². The first-order valence-electron chi connectivity index (χ1n) is 6.24. The van der Waals surface area contributed by atoms with E-state index in [-0.39, 0.29) is 5.69 Å². The van der Waals surface area contributed by atoms with E-state index in [4.69, 9.17) is 0 Å². The molecule has 0 bridgehead atoms. The van der Waals surface area contributed by atoms with Crippen molar-refractivity contribution < 1.29 is 14.7 Å². The highest BCUT2D eigenvalue weighted by Gasteiger charge is 2.39. The number of nitrogens with zero attached hydrogens (tertiary/aromatic N) is 2. The van der Waals surface area contributed by atoms with Crippen LogP contribution in [-0.2, 0) is 11.2 Å². The maximum atomic E-state index is 12.5. The van der Waals surface area contributed by atoms with Crippen LogP contribution in [-0.4, -0.2) is 33.2 Å². The minimum Gasteiger partial charge on any atom is -0.480 e. The molecule has 0 saturated carbocycles. The van der Waals surface area contributed by atoms with Crippen molar-refractivity contribution in [3.63, 3.8) is 0 Å². The zero-order valence-electron chi connectivity index (χ0n) is 10.8. The van der Waals surface area contributed by atoms with Gasteiger partial charge in [0.25, 0.3) is 5.91 Å². The van der Waals surface area contributed by atoms with E-state index in [1.807, 2.05) is 12.1 Å². The number of aromatic nitrogens is 2. The third-order valence-electron chi connectivity index (χ3n) is 3.40. The van der Waals surface area contributed by atoms with E-state index >= 15 is 0 Å². The lowest BCUT2D eigenvalue weighted by atomic mass is 10.1. The van der Waals surface area contributed by atoms with Gasteiger partial charge < -0.3 is 5.11 Å². The van der Waals surface area contributed by atoms with Gasteiger partial charge in [0.15, 0.2) is 5.69 Å². The highest BCUT2D eigenvalue weighted by molar-refractivity contribution is 6.09. The number of hydrogen-bond donors (Lipinski definition) is 2. The molecule has 1 aromatic carbocycles. The Bertz CT molecular complexity index is 692. The van der Waals surface area contributed by atoms with E-state index in [1.165, 1.54) is 4.90 Å². The number of fused-ring (bicyclic) bond motifs is 1. The molecule has 1 amide bonds. The number of H-pyrrole nitrogens is 1. The van der Waals surface area contributed by atoms with Crippen LogP contribution in [0.1, 0.15) is 21.7 Å². The number of rotatable bonds is 2. The lowest BCUT2D eigenvalue weighted by molar-refractivity contribution is -0.138. The normalized spacial score (nSPS) is 17.1. The van der Waals surface area contributed by atoms with Gasteiger partial charge in [0.1, 0.15) is 6.04 Å². The van der Waals surface area contributed by atoms with E-state index in [0.29, 0.717) is 12.1 Å². The smallest absolute Gasteiger partial charge is 0.327 e. The zero-order chi connectivity index (χ0) is 14.3. The molecular weight excluding hydrogens is 258 g/mol. The zero-order valence-corrected chi connectivity index (χ0v) is 10.8. The lowest BCUT2D eigenvalue weighted by Gasteiger charge is -2.21. The molecule has 0 radical (unpaired) electrons. The third kappa shape index (κ3) is 1.85. The summed E-state index contributed by atoms with van der Waals surface area (Å²) >= 11 is 0. The average molecular weight is 271 g/mol. The van der Waals surface area contributed by atoms with Crippen LogP contribution in [0, 0.1) is 6.92 Å². The van der Waals surface area contributed by atoms with Crippen LogP contribution >= 0.6 is 0 Å². The largest absolute Gasteiger partial charge is 0.480 e. The van der Waals surface area contributed by atoms with Gasteiger partial charge in [-0.15, -0.1) is 0 Å². The first-order valence-corrected chi connectivity index (χ1v) is 6.24. The standard InChI is InChI=1S/C14H13N3O3/c1-8-6-10(16-15-8)13(18)17-11-5-3-2-4-9(11)7-12(17)14(19)20/h2-6,12H,7H2,1H3,(H,15,16)(H,19,20). The monoisotopic (exact) mass is 271 g/mol. The van der Waals surface area contributed by atoms with Gasteiger partial charge in [-0.1, -0.05) is 18.2 Å². The van der Waals surface area contributed by atoms with Crippen molar-refractivity contribution in [3.8, 4) is 0 Å². The van der Waals surface area contributed by atoms with Crippen LogP contribution in [0.4, 0.5) is 5.69 Å². The molecule has 2 aromatic rings. The molecule has 6 nitrogen and oxygen atoms in total. The number of benzene rings is 1. The summed E-state index contributed by atoms with van der Waals surface area (Å²) in [5.74, 6) is -1.41. The molecule has 0 aliphatic carbocycles. The molecule has 1 aromatic heterocycles. The molecule has 0 spiro atoms. The quantitative estimate of drug-likeness (QED) is 0.863. The molecule has 1 aliphatic rings. The Kier molecular flexibility index (Phi) is 2.78. The summed E-state index contributed by atoms with van der Waals surface area (Å²) in [6, 6.07) is 7.97. The molecule has 1 unspecified atom stereocenters. The molecule has 1 atom stereocenters. The number of hydrogen-bond acceptors (Lipinski definition) is 3. The fourth-order valence-electron chi connectivity index (χ4n) is 2.49. The van der Waals surface area contributed by atoms with Gasteiger partial charge in [-0.25, -0.2) is 4.79 Å². The molecule has 6 heteroatoms. The highest BCUT2D eigenvalue weighted by atomic mass is 16.4. The number of amides is 1. The number of aliphatic carboxylic acids is 1. The van der Waals surface area contributed by atoms with E-state index in [1.54, 1.807) is 25.1 Å². The molecule has 2 N–H and O–H groups in total. The van der Waals surface area contributed by atoms with Crippen LogP contribution in [0.3, 0.4) is 0 Å². The summed E-state index contributed by atoms with van der Waals surface area (Å²) in [4.78, 5) is 25.2. The number of para-hydroxylation sites is 1. The number of aryl methyl sites for hydroxylation is 1. The SMILES string of the molecule is Cc1cc(C(=O)N2c3ccccc3CC2C(=O)O)n[nH]1. The molecule has 2 heterocycles. The number of nitrogens with one attached hydrogen (secondary N) is 1. The molecule has 0 fully saturated rings. The van der Waals surface area contributed by atoms with E-state index in [9.17, 15) is 14.7 Å². The number of carbonyl (C=O) groups is 2. The second-order valence-electron chi connectivity index (χ2n) is 4.80. The number of carbonyl (C=O) groups excluding carboxylic acids is 1. The van der Waals surface area contributed by atoms with Crippen LogP contribution < -0.4 is 4.90 Å². The number of carboxylic acid groups (broad SMARTS) is 1. The maximum Gasteiger partial charge on any atom is 0.327 e. The minimum atomic E-state index is -1.01. The maximum absolute atomic E-state index is 12.5. The summed E-state index contributed by atoms with van der Waals surface area (Å²) in [6.07, 6.45) is 0.320. The topological polar surface area (TPSA) is 86.3 Å². The molecule has 20 heavy (non-hydrogen) atoms. The Morgan fingerprint density at radius 1 is 1.40 bits per heavy atom. The fraction of sp³-hybridized carbons (Fsp3) is 0.214. The highest BCUT2D eigenvalue weighted by Crippen LogP contribution is 2.33. The van der Waals surface area contributed by atoms with Gasteiger partial charge in [-0.3, -0.25) is 14.8 Å². The Labute approximate surface area is 115 Å². The predicted molar refractivity (Wildman–Crippen MR) is 71.7 cm³/mol. The Morgan fingerprint density at radius 2 is 2.15 bits per heavy atom. The van der Waals surface area contributed by atoms with E-state index < -0.39 is 17.9 Å². The Hall–Kier alpha value is -2.63. The first kappa shape index (κ1) is 12.4. The molecule has 1 aliphatic heterocycles. The number of aromatic amines is 1. The molecular formula is C14H13N3O3. The van der Waals surface area contributed by atoms with Crippen molar-refractivity contribution in [2.24, 2.45) is 0 Å². The van der Waals surface area contributed by atoms with Crippen LogP contribution in [0.25, 0.3) is 0 Å². The van der Waals surface area contributed by atoms with Gasteiger partial charge in [-0.05, 0) is 24.6 Å². The third-order valence-corrected chi connectivity index (χ3v) is 3.40. The first-order chi connectivity index (χ1) is 9.58. The lowest BCUT2D eigenvalue weighted by Crippen LogP contribution is -2.43. The van der Waals surface area contributed by atoms with Crippen molar-refractivity contribution >= 4 is 17.6 Å². The predicted octanol–water partition coefficient (Wildman–Crippen LogP) is 1.37. The van der Waals surface area contributed by atoms with Gasteiger partial charge >= 0.3 is 5.97 Å². The molecule has 102 valence electrons. The Balaban J connectivity index is 2.04. The average Bonchev–Trinajstić information content (AvgIpc) is 3.01. The summed E-state index contributed by atoms with van der Waals surface area (Å²) in [6.45, 7) is 1.79. The van der Waals surface area contributed by atoms with E-state index in [2.05, 4.69) is 10.2 Å². The second kappa shape index (κ2) is 4.48. The van der Waals surface area contributed by atoms with Crippen molar-refractivity contribution in [2.45, 2.75) is 19.4 Å². The van der Waals surface area contributed by atoms with Gasteiger partial charge in [0.2, 0.25) is 0 Å². The minimum absolute atomic E-state index is 0.227. The van der Waals surface area contributed by atoms with Crippen molar-refractivity contribution in [1.29, 1.82) is 0 Å². The van der Waals surface area contributed by atoms with Gasteiger partial charge in [0.05, 0.1) is 0 Å². The second-order valence-corrected chi connectivity index (χ2v) is 4.80. The van der Waals surface area contributed by atoms with Crippen molar-refractivity contribution in [3.05, 3.63) is 47.3 Å². The Morgan fingerprint density at radius 3 is 2.80 bits per heavy atom. The summed E-state index contributed by atoms with van der Waals surface area (Å²) in [5, 5.41) is 15.9. The van der Waals surface area contributed by atoms with Crippen LogP contribution in [0.2, 0.25) is 0 Å². The van der Waals surface area contributed by atoms with Crippen LogP contribution in [0.15, 0.2) is 30.3 Å². The number of anilines is 1. The fourth-order valence-corrected chi connectivity index (χ4v) is 2.49. The van der Waals surface area contributed by atoms with Gasteiger partial charge in [-0.2, -0.15) is 5.10 Å². The summed E-state index contributed by atoms with van der Waals surface area (Å²) in [7, 11) is 0. The van der Waals surface area contributed by atoms with E-state index in [0.717, 1.165) is 11.3 Å². The van der Waals surface area contributed by atoms with Crippen molar-refractivity contribution in [2.75, 3.05) is 4.90 Å². The van der Waals surface area contributed by atoms with Crippen LogP contribution in [0.5, 0.6) is 0 Å². The van der Waals surface area contributed by atoms with Crippen molar-refractivity contribution in [1.82, 2.24) is 10.2 Å². The number of carboxylic acids is 1. The summed E-state index contributed by atoms with van der Waals surface area (Å²) in [5.41, 5.74) is 2.49.